The molecule has 2 atom stereocenters. The first kappa shape index (κ1) is 13.4. The highest BCUT2D eigenvalue weighted by Crippen LogP contribution is 2.34. The first-order valence-electron chi connectivity index (χ1n) is 6.30. The van der Waals surface area contributed by atoms with Gasteiger partial charge in [0, 0.05) is 17.1 Å². The van der Waals surface area contributed by atoms with E-state index in [0.717, 1.165) is 16.7 Å². The van der Waals surface area contributed by atoms with Crippen LogP contribution in [0.2, 0.25) is 0 Å². The van der Waals surface area contributed by atoms with Crippen LogP contribution in [0.4, 0.5) is 5.69 Å². The maximum atomic E-state index is 10.9. The molecule has 3 nitrogen and oxygen atoms in total. The fourth-order valence-corrected chi connectivity index (χ4v) is 3.15. The highest BCUT2D eigenvalue weighted by molar-refractivity contribution is 9.10. The molecular formula is C14H18BrNO2. The standard InChI is InChI=1S/C14H18BrNO2/c1-9-4-3-7-16(10(9)2)13-6-5-11(14(17)18)8-12(13)15/h5-6,8-10H,3-4,7H2,1-2H3,(H,17,18). The molecule has 1 saturated heterocycles. The van der Waals surface area contributed by atoms with Crippen molar-refractivity contribution in [3.63, 3.8) is 0 Å². The van der Waals surface area contributed by atoms with Crippen molar-refractivity contribution in [3.05, 3.63) is 28.2 Å². The van der Waals surface area contributed by atoms with Crippen molar-refractivity contribution in [2.75, 3.05) is 11.4 Å². The van der Waals surface area contributed by atoms with Gasteiger partial charge in [-0.3, -0.25) is 0 Å². The zero-order valence-corrected chi connectivity index (χ0v) is 12.3. The molecule has 0 aliphatic carbocycles. The summed E-state index contributed by atoms with van der Waals surface area (Å²) < 4.78 is 0.864. The molecule has 0 saturated carbocycles. The van der Waals surface area contributed by atoms with Gasteiger partial charge in [0.05, 0.1) is 11.3 Å². The summed E-state index contributed by atoms with van der Waals surface area (Å²) in [4.78, 5) is 13.3. The van der Waals surface area contributed by atoms with Crippen LogP contribution in [0.5, 0.6) is 0 Å². The van der Waals surface area contributed by atoms with Crippen LogP contribution in [0, 0.1) is 5.92 Å². The lowest BCUT2D eigenvalue weighted by atomic mass is 9.91. The molecular weight excluding hydrogens is 294 g/mol. The molecule has 1 aromatic rings. The number of anilines is 1. The lowest BCUT2D eigenvalue weighted by molar-refractivity contribution is 0.0697. The Morgan fingerprint density at radius 3 is 2.78 bits per heavy atom. The van der Waals surface area contributed by atoms with Crippen LogP contribution in [-0.4, -0.2) is 23.7 Å². The van der Waals surface area contributed by atoms with Crippen molar-refractivity contribution in [2.24, 2.45) is 5.92 Å². The van der Waals surface area contributed by atoms with Crippen LogP contribution in [0.25, 0.3) is 0 Å². The van der Waals surface area contributed by atoms with E-state index in [1.54, 1.807) is 12.1 Å². The Labute approximate surface area is 116 Å². The molecule has 0 bridgehead atoms. The Bertz CT molecular complexity index is 461. The van der Waals surface area contributed by atoms with E-state index in [1.165, 1.54) is 12.8 Å². The third-order valence-electron chi connectivity index (χ3n) is 3.88. The van der Waals surface area contributed by atoms with Gasteiger partial charge in [0.25, 0.3) is 0 Å². The molecule has 1 heterocycles. The zero-order chi connectivity index (χ0) is 13.3. The Morgan fingerprint density at radius 2 is 2.17 bits per heavy atom. The summed E-state index contributed by atoms with van der Waals surface area (Å²) in [6, 6.07) is 5.76. The number of nitrogens with zero attached hydrogens (tertiary/aromatic N) is 1. The van der Waals surface area contributed by atoms with Crippen molar-refractivity contribution in [1.82, 2.24) is 0 Å². The molecule has 18 heavy (non-hydrogen) atoms. The van der Waals surface area contributed by atoms with E-state index < -0.39 is 5.97 Å². The maximum absolute atomic E-state index is 10.9. The minimum Gasteiger partial charge on any atom is -0.478 e. The molecule has 1 fully saturated rings. The van der Waals surface area contributed by atoms with Crippen molar-refractivity contribution >= 4 is 27.6 Å². The fourth-order valence-electron chi connectivity index (χ4n) is 2.55. The number of hydrogen-bond donors (Lipinski definition) is 1. The number of halogens is 1. The maximum Gasteiger partial charge on any atom is 0.335 e. The molecule has 1 aromatic carbocycles. The second kappa shape index (κ2) is 5.31. The van der Waals surface area contributed by atoms with Gasteiger partial charge in [-0.15, -0.1) is 0 Å². The smallest absolute Gasteiger partial charge is 0.335 e. The monoisotopic (exact) mass is 311 g/mol. The predicted molar refractivity (Wildman–Crippen MR) is 76.3 cm³/mol. The molecule has 1 N–H and O–H groups in total. The van der Waals surface area contributed by atoms with Crippen molar-refractivity contribution in [2.45, 2.75) is 32.7 Å². The molecule has 0 aromatic heterocycles. The summed E-state index contributed by atoms with van der Waals surface area (Å²) >= 11 is 3.49. The summed E-state index contributed by atoms with van der Waals surface area (Å²) in [7, 11) is 0. The largest absolute Gasteiger partial charge is 0.478 e. The number of aromatic carboxylic acids is 1. The Kier molecular flexibility index (Phi) is 3.95. The SMILES string of the molecule is CC1CCCN(c2ccc(C(=O)O)cc2Br)C1C. The molecule has 4 heteroatoms. The zero-order valence-electron chi connectivity index (χ0n) is 10.7. The van der Waals surface area contributed by atoms with E-state index in [0.29, 0.717) is 17.5 Å². The molecule has 0 spiro atoms. The van der Waals surface area contributed by atoms with Crippen molar-refractivity contribution < 1.29 is 9.90 Å². The molecule has 2 rings (SSSR count). The molecule has 98 valence electrons. The minimum atomic E-state index is -0.887. The van der Waals surface area contributed by atoms with Crippen LogP contribution in [0.1, 0.15) is 37.0 Å². The van der Waals surface area contributed by atoms with E-state index in [-0.39, 0.29) is 0 Å². The number of piperidine rings is 1. The number of rotatable bonds is 2. The van der Waals surface area contributed by atoms with Crippen LogP contribution in [0.15, 0.2) is 22.7 Å². The van der Waals surface area contributed by atoms with Gasteiger partial charge in [-0.25, -0.2) is 4.79 Å². The predicted octanol–water partition coefficient (Wildman–Crippen LogP) is 3.77. The average Bonchev–Trinajstić information content (AvgIpc) is 2.33. The van der Waals surface area contributed by atoms with Crippen molar-refractivity contribution in [1.29, 1.82) is 0 Å². The van der Waals surface area contributed by atoms with Crippen LogP contribution < -0.4 is 4.90 Å². The number of carboxylic acid groups (broad SMARTS) is 1. The normalized spacial score (nSPS) is 24.1. The summed E-state index contributed by atoms with van der Waals surface area (Å²) in [6.45, 7) is 5.55. The molecule has 1 aliphatic rings. The molecule has 0 radical (unpaired) electrons. The first-order valence-corrected chi connectivity index (χ1v) is 7.09. The Hall–Kier alpha value is -1.03. The lowest BCUT2D eigenvalue weighted by Gasteiger charge is -2.40. The number of benzene rings is 1. The van der Waals surface area contributed by atoms with E-state index >= 15 is 0 Å². The van der Waals surface area contributed by atoms with Gasteiger partial charge in [0.2, 0.25) is 0 Å². The van der Waals surface area contributed by atoms with Gasteiger partial charge in [-0.1, -0.05) is 6.92 Å². The third kappa shape index (κ3) is 2.53. The van der Waals surface area contributed by atoms with E-state index in [2.05, 4.69) is 34.7 Å². The third-order valence-corrected chi connectivity index (χ3v) is 4.51. The van der Waals surface area contributed by atoms with Gasteiger partial charge < -0.3 is 10.0 Å². The second-order valence-corrected chi connectivity index (χ2v) is 5.88. The van der Waals surface area contributed by atoms with Gasteiger partial charge in [-0.05, 0) is 59.8 Å². The van der Waals surface area contributed by atoms with E-state index in [9.17, 15) is 4.79 Å². The van der Waals surface area contributed by atoms with Crippen molar-refractivity contribution in [3.8, 4) is 0 Å². The summed E-state index contributed by atoms with van der Waals surface area (Å²) in [5.74, 6) is -0.216. The van der Waals surface area contributed by atoms with Crippen LogP contribution in [0.3, 0.4) is 0 Å². The van der Waals surface area contributed by atoms with Gasteiger partial charge in [0.1, 0.15) is 0 Å². The van der Waals surface area contributed by atoms with Crippen LogP contribution >= 0.6 is 15.9 Å². The van der Waals surface area contributed by atoms with Gasteiger partial charge in [-0.2, -0.15) is 0 Å². The summed E-state index contributed by atoms with van der Waals surface area (Å²) in [5, 5.41) is 8.97. The highest BCUT2D eigenvalue weighted by atomic mass is 79.9. The van der Waals surface area contributed by atoms with Gasteiger partial charge >= 0.3 is 5.97 Å². The Morgan fingerprint density at radius 1 is 1.44 bits per heavy atom. The number of carboxylic acids is 1. The molecule has 0 amide bonds. The average molecular weight is 312 g/mol. The minimum absolute atomic E-state index is 0.323. The summed E-state index contributed by atoms with van der Waals surface area (Å²) in [6.07, 6.45) is 2.46. The van der Waals surface area contributed by atoms with E-state index in [1.807, 2.05) is 6.07 Å². The van der Waals surface area contributed by atoms with Gasteiger partial charge in [0.15, 0.2) is 0 Å². The second-order valence-electron chi connectivity index (χ2n) is 5.02. The fraction of sp³-hybridized carbons (Fsp3) is 0.500. The topological polar surface area (TPSA) is 40.5 Å². The molecule has 2 unspecified atom stereocenters. The number of hydrogen-bond acceptors (Lipinski definition) is 2. The van der Waals surface area contributed by atoms with Crippen LogP contribution in [-0.2, 0) is 0 Å². The first-order chi connectivity index (χ1) is 8.50. The summed E-state index contributed by atoms with van der Waals surface area (Å²) in [5.41, 5.74) is 1.42. The quantitative estimate of drug-likeness (QED) is 0.903. The van der Waals surface area contributed by atoms with E-state index in [4.69, 9.17) is 5.11 Å². The lowest BCUT2D eigenvalue weighted by Crippen LogP contribution is -2.42. The molecule has 1 aliphatic heterocycles. The highest BCUT2D eigenvalue weighted by Gasteiger charge is 2.26. The number of carbonyl (C=O) groups is 1. The Balaban J connectivity index is 2.30.